The molecule has 3 rings (SSSR count). The van der Waals surface area contributed by atoms with Crippen molar-refractivity contribution < 1.29 is 13.9 Å². The van der Waals surface area contributed by atoms with Crippen LogP contribution in [0.4, 0.5) is 4.39 Å². The number of nitrogens with one attached hydrogen (secondary N) is 2. The number of rotatable bonds is 6. The van der Waals surface area contributed by atoms with Crippen molar-refractivity contribution in [2.75, 3.05) is 27.3 Å². The van der Waals surface area contributed by atoms with E-state index >= 15 is 0 Å². The van der Waals surface area contributed by atoms with E-state index in [0.717, 1.165) is 25.1 Å². The van der Waals surface area contributed by atoms with Crippen molar-refractivity contribution in [2.45, 2.75) is 25.5 Å². The van der Waals surface area contributed by atoms with Gasteiger partial charge in [0.05, 0.1) is 19.3 Å². The molecule has 2 aromatic carbocycles. The molecule has 1 aliphatic rings. The Morgan fingerprint density at radius 3 is 2.75 bits per heavy atom. The monoisotopic (exact) mass is 385 g/mol. The number of aliphatic imine (C=N–C) groups is 1. The molecule has 0 amide bonds. The van der Waals surface area contributed by atoms with Gasteiger partial charge in [-0.1, -0.05) is 36.4 Å². The van der Waals surface area contributed by atoms with Crippen molar-refractivity contribution in [1.29, 1.82) is 0 Å². The van der Waals surface area contributed by atoms with E-state index < -0.39 is 0 Å². The molecule has 0 radical (unpaired) electrons. The maximum atomic E-state index is 14.0. The number of ether oxygens (including phenoxy) is 2. The molecule has 0 aliphatic carbocycles. The summed E-state index contributed by atoms with van der Waals surface area (Å²) in [4.78, 5) is 4.30. The number of halogens is 1. The van der Waals surface area contributed by atoms with E-state index in [4.69, 9.17) is 9.47 Å². The number of benzene rings is 2. The van der Waals surface area contributed by atoms with E-state index in [1.54, 1.807) is 13.1 Å². The summed E-state index contributed by atoms with van der Waals surface area (Å²) in [7, 11) is 3.19. The van der Waals surface area contributed by atoms with Crippen LogP contribution in [0, 0.1) is 11.7 Å². The van der Waals surface area contributed by atoms with Crippen molar-refractivity contribution in [3.63, 3.8) is 0 Å². The Kier molecular flexibility index (Phi) is 6.87. The highest BCUT2D eigenvalue weighted by Gasteiger charge is 2.29. The van der Waals surface area contributed by atoms with Crippen LogP contribution in [0.15, 0.2) is 53.5 Å². The number of hydrogen-bond donors (Lipinski definition) is 2. The normalized spacial score (nSPS) is 20.6. The molecule has 1 aliphatic heterocycles. The van der Waals surface area contributed by atoms with Gasteiger partial charge in [-0.2, -0.15) is 0 Å². The Morgan fingerprint density at radius 2 is 2.07 bits per heavy atom. The van der Waals surface area contributed by atoms with Gasteiger partial charge in [0.25, 0.3) is 0 Å². The van der Waals surface area contributed by atoms with Gasteiger partial charge in [0, 0.05) is 26.1 Å². The van der Waals surface area contributed by atoms with Crippen LogP contribution in [0.2, 0.25) is 0 Å². The molecule has 6 heteroatoms. The van der Waals surface area contributed by atoms with E-state index in [-0.39, 0.29) is 23.7 Å². The minimum Gasteiger partial charge on any atom is -0.494 e. The Labute approximate surface area is 166 Å². The van der Waals surface area contributed by atoms with E-state index in [0.29, 0.717) is 11.9 Å². The Bertz CT molecular complexity index is 798. The van der Waals surface area contributed by atoms with Crippen molar-refractivity contribution in [3.05, 3.63) is 65.5 Å². The molecule has 5 nitrogen and oxygen atoms in total. The fourth-order valence-electron chi connectivity index (χ4n) is 3.52. The van der Waals surface area contributed by atoms with Crippen LogP contribution in [0.25, 0.3) is 0 Å². The number of nitrogens with zero attached hydrogens (tertiary/aromatic N) is 1. The van der Waals surface area contributed by atoms with Gasteiger partial charge >= 0.3 is 0 Å². The summed E-state index contributed by atoms with van der Waals surface area (Å²) in [5.74, 6) is 0.925. The average molecular weight is 385 g/mol. The van der Waals surface area contributed by atoms with E-state index in [2.05, 4.69) is 27.8 Å². The van der Waals surface area contributed by atoms with Crippen LogP contribution in [0.1, 0.15) is 36.6 Å². The molecule has 3 atom stereocenters. The predicted octanol–water partition coefficient (Wildman–Crippen LogP) is 3.84. The Morgan fingerprint density at radius 1 is 1.29 bits per heavy atom. The van der Waals surface area contributed by atoms with Crippen LogP contribution in [-0.2, 0) is 4.74 Å². The molecule has 1 fully saturated rings. The second-order valence-electron chi connectivity index (χ2n) is 6.96. The molecule has 2 aromatic rings. The van der Waals surface area contributed by atoms with Crippen molar-refractivity contribution in [2.24, 2.45) is 10.9 Å². The zero-order chi connectivity index (χ0) is 19.9. The number of guanidine groups is 1. The topological polar surface area (TPSA) is 54.9 Å². The molecule has 0 spiro atoms. The fraction of sp³-hybridized carbons (Fsp3) is 0.409. The third-order valence-electron chi connectivity index (χ3n) is 5.13. The van der Waals surface area contributed by atoms with E-state index in [1.165, 1.54) is 18.7 Å². The predicted molar refractivity (Wildman–Crippen MR) is 109 cm³/mol. The average Bonchev–Trinajstić information content (AvgIpc) is 3.20. The first-order valence-corrected chi connectivity index (χ1v) is 9.59. The minimum absolute atomic E-state index is 0.0971. The highest BCUT2D eigenvalue weighted by molar-refractivity contribution is 5.80. The fourth-order valence-corrected chi connectivity index (χ4v) is 3.52. The largest absolute Gasteiger partial charge is 0.494 e. The molecule has 2 N–H and O–H groups in total. The number of hydrogen-bond acceptors (Lipinski definition) is 3. The van der Waals surface area contributed by atoms with Crippen molar-refractivity contribution in [1.82, 2.24) is 10.6 Å². The first kappa shape index (κ1) is 20.1. The summed E-state index contributed by atoms with van der Waals surface area (Å²) in [5.41, 5.74) is 2.03. The van der Waals surface area contributed by atoms with Crippen LogP contribution in [0.3, 0.4) is 0 Å². The van der Waals surface area contributed by atoms with Crippen LogP contribution in [0.5, 0.6) is 5.75 Å². The lowest BCUT2D eigenvalue weighted by atomic mass is 9.95. The van der Waals surface area contributed by atoms with Gasteiger partial charge in [0.2, 0.25) is 0 Å². The van der Waals surface area contributed by atoms with Crippen molar-refractivity contribution in [3.8, 4) is 5.75 Å². The highest BCUT2D eigenvalue weighted by atomic mass is 19.1. The Balaban J connectivity index is 1.58. The first-order valence-electron chi connectivity index (χ1n) is 9.59. The Hall–Kier alpha value is -2.60. The summed E-state index contributed by atoms with van der Waals surface area (Å²) in [6.45, 7) is 3.49. The lowest BCUT2D eigenvalue weighted by molar-refractivity contribution is 0.0915. The molecular formula is C22H28FN3O2. The summed E-state index contributed by atoms with van der Waals surface area (Å²) >= 11 is 0. The van der Waals surface area contributed by atoms with Crippen LogP contribution in [-0.4, -0.2) is 33.3 Å². The second kappa shape index (κ2) is 9.55. The molecule has 0 bridgehead atoms. The molecule has 1 saturated heterocycles. The molecule has 1 heterocycles. The third-order valence-corrected chi connectivity index (χ3v) is 5.13. The quantitative estimate of drug-likeness (QED) is 0.586. The van der Waals surface area contributed by atoms with Gasteiger partial charge in [-0.3, -0.25) is 4.99 Å². The third kappa shape index (κ3) is 4.81. The smallest absolute Gasteiger partial charge is 0.191 e. The lowest BCUT2D eigenvalue weighted by Gasteiger charge is -2.23. The molecule has 0 aromatic heterocycles. The minimum atomic E-state index is -0.370. The highest BCUT2D eigenvalue weighted by Crippen LogP contribution is 2.33. The van der Waals surface area contributed by atoms with Gasteiger partial charge in [-0.15, -0.1) is 0 Å². The summed E-state index contributed by atoms with van der Waals surface area (Å²) in [5, 5.41) is 6.71. The second-order valence-corrected chi connectivity index (χ2v) is 6.96. The van der Waals surface area contributed by atoms with E-state index in [9.17, 15) is 4.39 Å². The van der Waals surface area contributed by atoms with Crippen LogP contribution < -0.4 is 15.4 Å². The standard InChI is InChI=1S/C22H28FN3O2/c1-15(17-9-10-20(27-3)19(23)13-17)26-22(24-2)25-14-18-11-12-28-21(18)16-7-5-4-6-8-16/h4-10,13,15,18,21H,11-12,14H2,1-3H3,(H2,24,25,26). The maximum Gasteiger partial charge on any atom is 0.191 e. The van der Waals surface area contributed by atoms with Gasteiger partial charge < -0.3 is 20.1 Å². The van der Waals surface area contributed by atoms with E-state index in [1.807, 2.05) is 31.2 Å². The molecule has 28 heavy (non-hydrogen) atoms. The van der Waals surface area contributed by atoms with Gasteiger partial charge in [0.15, 0.2) is 17.5 Å². The zero-order valence-electron chi connectivity index (χ0n) is 16.6. The van der Waals surface area contributed by atoms with Gasteiger partial charge in [-0.05, 0) is 36.6 Å². The zero-order valence-corrected chi connectivity index (χ0v) is 16.6. The molecular weight excluding hydrogens is 357 g/mol. The van der Waals surface area contributed by atoms with Crippen molar-refractivity contribution >= 4 is 5.96 Å². The summed E-state index contributed by atoms with van der Waals surface area (Å²) in [6.07, 6.45) is 1.10. The maximum absolute atomic E-state index is 14.0. The van der Waals surface area contributed by atoms with Gasteiger partial charge in [0.1, 0.15) is 0 Å². The van der Waals surface area contributed by atoms with Crippen LogP contribution >= 0.6 is 0 Å². The summed E-state index contributed by atoms with van der Waals surface area (Å²) < 4.78 is 24.9. The SMILES string of the molecule is CN=C(NCC1CCOC1c1ccccc1)NC(C)c1ccc(OC)c(F)c1. The summed E-state index contributed by atoms with van der Waals surface area (Å²) in [6, 6.07) is 15.2. The van der Waals surface area contributed by atoms with Gasteiger partial charge in [-0.25, -0.2) is 4.39 Å². The molecule has 3 unspecified atom stereocenters. The molecule has 0 saturated carbocycles. The molecule has 150 valence electrons. The lowest BCUT2D eigenvalue weighted by Crippen LogP contribution is -2.41. The number of methoxy groups -OCH3 is 1. The first-order chi connectivity index (χ1) is 13.6.